The molecule has 1 aromatic heterocycles. The van der Waals surface area contributed by atoms with Crippen molar-refractivity contribution in [2.45, 2.75) is 65.3 Å². The van der Waals surface area contributed by atoms with Gasteiger partial charge in [-0.05, 0) is 62.8 Å². The lowest BCUT2D eigenvalue weighted by Crippen LogP contribution is -2.23. The number of unbranched alkanes of at least 4 members (excludes halogenated alkanes) is 5. The Morgan fingerprint density at radius 1 is 0.914 bits per heavy atom. The van der Waals surface area contributed by atoms with Gasteiger partial charge in [0.05, 0.1) is 18.7 Å². The molecular weight excluding hydrogens is 438 g/mol. The summed E-state index contributed by atoms with van der Waals surface area (Å²) in [4.78, 5) is 24.6. The highest BCUT2D eigenvalue weighted by atomic mass is 16.5. The Bertz CT molecular complexity index is 1190. The highest BCUT2D eigenvalue weighted by Gasteiger charge is 2.14. The number of carbonyl (C=O) groups is 1. The fraction of sp³-hybridized carbons (Fsp3) is 0.400. The Balaban J connectivity index is 1.52. The summed E-state index contributed by atoms with van der Waals surface area (Å²) < 4.78 is 13.0. The van der Waals surface area contributed by atoms with Crippen molar-refractivity contribution in [1.82, 2.24) is 4.57 Å². The second kappa shape index (κ2) is 12.9. The first-order valence-corrected chi connectivity index (χ1v) is 12.6. The van der Waals surface area contributed by atoms with E-state index in [0.29, 0.717) is 18.8 Å². The van der Waals surface area contributed by atoms with E-state index in [9.17, 15) is 9.59 Å². The smallest absolute Gasteiger partial charge is 0.333 e. The topological polar surface area (TPSA) is 57.5 Å². The van der Waals surface area contributed by atoms with Gasteiger partial charge in [-0.15, -0.1) is 0 Å². The largest absolute Gasteiger partial charge is 0.494 e. The van der Waals surface area contributed by atoms with E-state index in [0.717, 1.165) is 66.3 Å². The van der Waals surface area contributed by atoms with Crippen molar-refractivity contribution in [2.75, 3.05) is 13.2 Å². The van der Waals surface area contributed by atoms with Gasteiger partial charge in [-0.3, -0.25) is 4.79 Å². The SMILES string of the molecule is C=C(C)C(=O)OCCCCCCCCOc1ccc2cc(-c3ccccc3)c(=O)n(C(C)C)c2c1. The highest BCUT2D eigenvalue weighted by Crippen LogP contribution is 2.26. The molecule has 0 atom stereocenters. The van der Waals surface area contributed by atoms with Crippen LogP contribution < -0.4 is 10.3 Å². The molecule has 1 heterocycles. The molecule has 186 valence electrons. The number of fused-ring (bicyclic) bond motifs is 1. The molecular formula is C30H37NO4. The predicted octanol–water partition coefficient (Wildman–Crippen LogP) is 7.09. The van der Waals surface area contributed by atoms with E-state index in [-0.39, 0.29) is 17.6 Å². The van der Waals surface area contributed by atoms with Gasteiger partial charge in [0.2, 0.25) is 0 Å². The van der Waals surface area contributed by atoms with E-state index in [4.69, 9.17) is 9.47 Å². The molecule has 3 rings (SSSR count). The van der Waals surface area contributed by atoms with Crippen molar-refractivity contribution >= 4 is 16.9 Å². The zero-order valence-corrected chi connectivity index (χ0v) is 21.2. The molecule has 5 heteroatoms. The average molecular weight is 476 g/mol. The third-order valence-corrected chi connectivity index (χ3v) is 6.00. The number of pyridine rings is 1. The van der Waals surface area contributed by atoms with E-state index in [2.05, 4.69) is 6.58 Å². The lowest BCUT2D eigenvalue weighted by Gasteiger charge is -2.17. The van der Waals surface area contributed by atoms with Gasteiger partial charge in [-0.2, -0.15) is 0 Å². The molecule has 0 saturated heterocycles. The fourth-order valence-electron chi connectivity index (χ4n) is 4.13. The molecule has 0 aliphatic carbocycles. The van der Waals surface area contributed by atoms with E-state index in [1.54, 1.807) is 6.92 Å². The van der Waals surface area contributed by atoms with Crippen LogP contribution in [0.3, 0.4) is 0 Å². The van der Waals surface area contributed by atoms with Crippen LogP contribution in [0.1, 0.15) is 65.3 Å². The van der Waals surface area contributed by atoms with Gasteiger partial charge in [0.25, 0.3) is 5.56 Å². The van der Waals surface area contributed by atoms with Gasteiger partial charge in [0.15, 0.2) is 0 Å². The van der Waals surface area contributed by atoms with E-state index in [1.165, 1.54) is 0 Å². The molecule has 3 aromatic rings. The third kappa shape index (κ3) is 7.32. The highest BCUT2D eigenvalue weighted by molar-refractivity contribution is 5.87. The molecule has 0 unspecified atom stereocenters. The van der Waals surface area contributed by atoms with Crippen molar-refractivity contribution in [3.63, 3.8) is 0 Å². The number of nitrogens with zero attached hydrogens (tertiary/aromatic N) is 1. The van der Waals surface area contributed by atoms with Crippen LogP contribution in [-0.4, -0.2) is 23.8 Å². The summed E-state index contributed by atoms with van der Waals surface area (Å²) in [6.45, 7) is 10.4. The number of rotatable bonds is 13. The third-order valence-electron chi connectivity index (χ3n) is 6.00. The van der Waals surface area contributed by atoms with Crippen LogP contribution in [-0.2, 0) is 9.53 Å². The Kier molecular flexibility index (Phi) is 9.71. The average Bonchev–Trinajstić information content (AvgIpc) is 2.84. The van der Waals surface area contributed by atoms with Crippen LogP contribution in [0.4, 0.5) is 0 Å². The van der Waals surface area contributed by atoms with Crippen molar-refractivity contribution < 1.29 is 14.3 Å². The van der Waals surface area contributed by atoms with Crippen LogP contribution in [0, 0.1) is 0 Å². The fourth-order valence-corrected chi connectivity index (χ4v) is 4.13. The van der Waals surface area contributed by atoms with Crippen molar-refractivity contribution in [3.05, 3.63) is 77.1 Å². The minimum Gasteiger partial charge on any atom is -0.494 e. The minimum absolute atomic E-state index is 0.0187. The van der Waals surface area contributed by atoms with Gasteiger partial charge < -0.3 is 14.0 Å². The minimum atomic E-state index is -0.308. The monoisotopic (exact) mass is 475 g/mol. The van der Waals surface area contributed by atoms with Crippen LogP contribution >= 0.6 is 0 Å². The second-order valence-corrected chi connectivity index (χ2v) is 9.30. The van der Waals surface area contributed by atoms with Crippen LogP contribution in [0.25, 0.3) is 22.0 Å². The zero-order chi connectivity index (χ0) is 25.2. The molecule has 0 N–H and O–H groups in total. The van der Waals surface area contributed by atoms with Crippen molar-refractivity contribution in [3.8, 4) is 16.9 Å². The Labute approximate surface area is 208 Å². The number of esters is 1. The van der Waals surface area contributed by atoms with E-state index >= 15 is 0 Å². The summed E-state index contributed by atoms with van der Waals surface area (Å²) in [5, 5.41) is 1.03. The zero-order valence-electron chi connectivity index (χ0n) is 21.2. The van der Waals surface area contributed by atoms with E-state index in [1.807, 2.05) is 73.0 Å². The number of benzene rings is 2. The maximum atomic E-state index is 13.3. The molecule has 0 radical (unpaired) electrons. The summed E-state index contributed by atoms with van der Waals surface area (Å²) in [5.74, 6) is 0.482. The van der Waals surface area contributed by atoms with Gasteiger partial charge in [0.1, 0.15) is 5.75 Å². The number of carbonyl (C=O) groups excluding carboxylic acids is 1. The predicted molar refractivity (Wildman–Crippen MR) is 143 cm³/mol. The van der Waals surface area contributed by atoms with Gasteiger partial charge in [-0.1, -0.05) is 62.6 Å². The maximum absolute atomic E-state index is 13.3. The molecule has 0 aliphatic rings. The number of ether oxygens (including phenoxy) is 2. The second-order valence-electron chi connectivity index (χ2n) is 9.30. The normalized spacial score (nSPS) is 11.1. The van der Waals surface area contributed by atoms with Gasteiger partial charge in [0, 0.05) is 23.2 Å². The Morgan fingerprint density at radius 2 is 1.57 bits per heavy atom. The number of hydrogen-bond donors (Lipinski definition) is 0. The summed E-state index contributed by atoms with van der Waals surface area (Å²) in [6, 6.07) is 17.8. The van der Waals surface area contributed by atoms with Crippen molar-refractivity contribution in [1.29, 1.82) is 0 Å². The first-order chi connectivity index (χ1) is 16.9. The molecule has 2 aromatic carbocycles. The summed E-state index contributed by atoms with van der Waals surface area (Å²) >= 11 is 0. The molecule has 0 saturated carbocycles. The molecule has 0 bridgehead atoms. The molecule has 0 fully saturated rings. The Hall–Kier alpha value is -3.34. The van der Waals surface area contributed by atoms with Crippen LogP contribution in [0.5, 0.6) is 5.75 Å². The quantitative estimate of drug-likeness (QED) is 0.150. The first kappa shape index (κ1) is 26.3. The summed E-state index contributed by atoms with van der Waals surface area (Å²) in [5.41, 5.74) is 3.01. The maximum Gasteiger partial charge on any atom is 0.333 e. The van der Waals surface area contributed by atoms with Gasteiger partial charge >= 0.3 is 5.97 Å². The van der Waals surface area contributed by atoms with Gasteiger partial charge in [-0.25, -0.2) is 4.79 Å². The van der Waals surface area contributed by atoms with Crippen LogP contribution in [0.2, 0.25) is 0 Å². The first-order valence-electron chi connectivity index (χ1n) is 12.6. The number of aromatic nitrogens is 1. The Morgan fingerprint density at radius 3 is 2.23 bits per heavy atom. The molecule has 35 heavy (non-hydrogen) atoms. The van der Waals surface area contributed by atoms with E-state index < -0.39 is 0 Å². The lowest BCUT2D eigenvalue weighted by atomic mass is 10.0. The molecule has 0 spiro atoms. The summed E-state index contributed by atoms with van der Waals surface area (Å²) in [7, 11) is 0. The van der Waals surface area contributed by atoms with Crippen molar-refractivity contribution in [2.24, 2.45) is 0 Å². The number of hydrogen-bond acceptors (Lipinski definition) is 4. The summed E-state index contributed by atoms with van der Waals surface area (Å²) in [6.07, 6.45) is 6.25. The molecule has 0 aliphatic heterocycles. The van der Waals surface area contributed by atoms with Crippen LogP contribution in [0.15, 0.2) is 71.5 Å². The molecule has 0 amide bonds. The lowest BCUT2D eigenvalue weighted by molar-refractivity contribution is -0.139. The standard InChI is InChI=1S/C30H37NO4/c1-22(2)30(33)35-19-13-8-6-5-7-12-18-34-26-17-16-25-20-27(24-14-10-9-11-15-24)29(32)31(23(3)4)28(25)21-26/h9-11,14-17,20-21,23H,1,5-8,12-13,18-19H2,2-4H3. The molecule has 5 nitrogen and oxygen atoms in total.